The summed E-state index contributed by atoms with van der Waals surface area (Å²) in [5, 5.41) is 3.92. The van der Waals surface area contributed by atoms with Crippen LogP contribution in [0.2, 0.25) is 0 Å². The molecule has 0 unspecified atom stereocenters. The quantitative estimate of drug-likeness (QED) is 0.761. The molecule has 1 saturated heterocycles. The second kappa shape index (κ2) is 6.63. The van der Waals surface area contributed by atoms with Gasteiger partial charge >= 0.3 is 0 Å². The summed E-state index contributed by atoms with van der Waals surface area (Å²) in [4.78, 5) is 34.2. The van der Waals surface area contributed by atoms with Crippen LogP contribution in [0.5, 0.6) is 0 Å². The highest BCUT2D eigenvalue weighted by molar-refractivity contribution is 5.98. The van der Waals surface area contributed by atoms with E-state index in [9.17, 15) is 9.59 Å². The maximum absolute atomic E-state index is 12.7. The molecule has 0 aliphatic carbocycles. The lowest BCUT2D eigenvalue weighted by Gasteiger charge is -2.23. The van der Waals surface area contributed by atoms with Crippen LogP contribution in [0.15, 0.2) is 48.8 Å². The van der Waals surface area contributed by atoms with Gasteiger partial charge in [-0.3, -0.25) is 9.59 Å². The lowest BCUT2D eigenvalue weighted by atomic mass is 10.1. The van der Waals surface area contributed by atoms with Gasteiger partial charge in [0, 0.05) is 36.3 Å². The van der Waals surface area contributed by atoms with Crippen molar-refractivity contribution in [3.63, 3.8) is 0 Å². The molecule has 1 aliphatic rings. The predicted octanol–water partition coefficient (Wildman–Crippen LogP) is 3.00. The van der Waals surface area contributed by atoms with Gasteiger partial charge in [-0.25, -0.2) is 4.98 Å². The molecule has 1 atom stereocenters. The third-order valence-corrected chi connectivity index (χ3v) is 4.81. The van der Waals surface area contributed by atoms with E-state index in [1.165, 1.54) is 0 Å². The van der Waals surface area contributed by atoms with Crippen molar-refractivity contribution >= 4 is 28.5 Å². The SMILES string of the molecule is Cc1ccnc(NC(=O)[C@H]2CCC(=O)N2Cc2c[nH]c3ccccc23)c1. The lowest BCUT2D eigenvalue weighted by molar-refractivity contribution is -0.133. The van der Waals surface area contributed by atoms with Gasteiger partial charge in [-0.05, 0) is 42.7 Å². The molecule has 6 nitrogen and oxygen atoms in total. The summed E-state index contributed by atoms with van der Waals surface area (Å²) in [6, 6.07) is 11.2. The molecule has 3 heterocycles. The molecule has 4 rings (SSSR count). The fourth-order valence-corrected chi connectivity index (χ4v) is 3.46. The number of pyridine rings is 1. The molecule has 0 bridgehead atoms. The average Bonchev–Trinajstić information content (AvgIpc) is 3.20. The van der Waals surface area contributed by atoms with Crippen LogP contribution < -0.4 is 5.32 Å². The normalized spacial score (nSPS) is 17.0. The number of hydrogen-bond acceptors (Lipinski definition) is 3. The standard InChI is InChI=1S/C20H20N4O2/c1-13-8-9-21-18(10-13)23-20(26)17-6-7-19(25)24(17)12-14-11-22-16-5-3-2-4-15(14)16/h2-5,8-11,17,22H,6-7,12H2,1H3,(H,21,23,26)/t17-/m1/s1. The van der Waals surface area contributed by atoms with E-state index in [-0.39, 0.29) is 11.8 Å². The molecule has 0 saturated carbocycles. The third kappa shape index (κ3) is 3.06. The number of H-pyrrole nitrogens is 1. The number of hydrogen-bond donors (Lipinski definition) is 2. The average molecular weight is 348 g/mol. The van der Waals surface area contributed by atoms with E-state index in [2.05, 4.69) is 15.3 Å². The second-order valence-corrected chi connectivity index (χ2v) is 6.64. The summed E-state index contributed by atoms with van der Waals surface area (Å²) in [5.41, 5.74) is 3.06. The number of rotatable bonds is 4. The van der Waals surface area contributed by atoms with Crippen LogP contribution in [0.1, 0.15) is 24.0 Å². The molecule has 6 heteroatoms. The highest BCUT2D eigenvalue weighted by Gasteiger charge is 2.36. The van der Waals surface area contributed by atoms with E-state index in [0.717, 1.165) is 22.0 Å². The summed E-state index contributed by atoms with van der Waals surface area (Å²) in [6.45, 7) is 2.36. The van der Waals surface area contributed by atoms with Crippen molar-refractivity contribution in [2.75, 3.05) is 5.32 Å². The molecule has 132 valence electrons. The summed E-state index contributed by atoms with van der Waals surface area (Å²) in [5.74, 6) is 0.336. The molecular formula is C20H20N4O2. The van der Waals surface area contributed by atoms with Crippen LogP contribution in [0.3, 0.4) is 0 Å². The van der Waals surface area contributed by atoms with Gasteiger partial charge in [0.25, 0.3) is 0 Å². The Morgan fingerprint density at radius 3 is 3.04 bits per heavy atom. The molecule has 3 aromatic rings. The number of likely N-dealkylation sites (tertiary alicyclic amines) is 1. The molecule has 2 aromatic heterocycles. The van der Waals surface area contributed by atoms with Crippen LogP contribution in [0, 0.1) is 6.92 Å². The van der Waals surface area contributed by atoms with Crippen LogP contribution >= 0.6 is 0 Å². The molecule has 1 aliphatic heterocycles. The number of carbonyl (C=O) groups excluding carboxylic acids is 2. The number of fused-ring (bicyclic) bond motifs is 1. The van der Waals surface area contributed by atoms with Crippen molar-refractivity contribution < 1.29 is 9.59 Å². The Hall–Kier alpha value is -3.15. The van der Waals surface area contributed by atoms with Crippen LogP contribution in [-0.4, -0.2) is 32.7 Å². The number of nitrogens with one attached hydrogen (secondary N) is 2. The summed E-state index contributed by atoms with van der Waals surface area (Å²) in [6.07, 6.45) is 4.49. The maximum Gasteiger partial charge on any atom is 0.248 e. The van der Waals surface area contributed by atoms with Crippen molar-refractivity contribution in [1.82, 2.24) is 14.9 Å². The zero-order valence-corrected chi connectivity index (χ0v) is 14.5. The van der Waals surface area contributed by atoms with Gasteiger partial charge in [0.2, 0.25) is 11.8 Å². The lowest BCUT2D eigenvalue weighted by Crippen LogP contribution is -2.41. The molecule has 26 heavy (non-hydrogen) atoms. The number of nitrogens with zero attached hydrogens (tertiary/aromatic N) is 2. The van der Waals surface area contributed by atoms with E-state index in [0.29, 0.717) is 25.2 Å². The zero-order valence-electron chi connectivity index (χ0n) is 14.5. The minimum Gasteiger partial charge on any atom is -0.361 e. The fourth-order valence-electron chi connectivity index (χ4n) is 3.46. The van der Waals surface area contributed by atoms with E-state index < -0.39 is 6.04 Å². The van der Waals surface area contributed by atoms with Crippen molar-refractivity contribution in [2.45, 2.75) is 32.4 Å². The first-order valence-electron chi connectivity index (χ1n) is 8.70. The number of anilines is 1. The predicted molar refractivity (Wildman–Crippen MR) is 99.5 cm³/mol. The molecule has 0 radical (unpaired) electrons. The van der Waals surface area contributed by atoms with Gasteiger partial charge in [-0.1, -0.05) is 18.2 Å². The number of para-hydroxylation sites is 1. The number of benzene rings is 1. The highest BCUT2D eigenvalue weighted by Crippen LogP contribution is 2.26. The largest absolute Gasteiger partial charge is 0.361 e. The number of aromatic amines is 1. The van der Waals surface area contributed by atoms with Gasteiger partial charge in [0.05, 0.1) is 0 Å². The number of aryl methyl sites for hydroxylation is 1. The van der Waals surface area contributed by atoms with Crippen LogP contribution in [0.25, 0.3) is 10.9 Å². The van der Waals surface area contributed by atoms with Crippen molar-refractivity contribution in [3.05, 3.63) is 59.9 Å². The molecule has 1 aromatic carbocycles. The topological polar surface area (TPSA) is 78.1 Å². The summed E-state index contributed by atoms with van der Waals surface area (Å²) < 4.78 is 0. The van der Waals surface area contributed by atoms with Crippen molar-refractivity contribution in [2.24, 2.45) is 0 Å². The molecular weight excluding hydrogens is 328 g/mol. The third-order valence-electron chi connectivity index (χ3n) is 4.81. The number of amides is 2. The van der Waals surface area contributed by atoms with E-state index in [4.69, 9.17) is 0 Å². The van der Waals surface area contributed by atoms with E-state index in [1.54, 1.807) is 11.1 Å². The van der Waals surface area contributed by atoms with Gasteiger partial charge in [-0.2, -0.15) is 0 Å². The summed E-state index contributed by atoms with van der Waals surface area (Å²) >= 11 is 0. The van der Waals surface area contributed by atoms with Crippen LogP contribution in [-0.2, 0) is 16.1 Å². The Kier molecular flexibility index (Phi) is 4.16. The first-order valence-corrected chi connectivity index (χ1v) is 8.70. The molecule has 2 N–H and O–H groups in total. The maximum atomic E-state index is 12.7. The molecule has 2 amide bonds. The number of carbonyl (C=O) groups is 2. The highest BCUT2D eigenvalue weighted by atomic mass is 16.2. The minimum atomic E-state index is -0.474. The Balaban J connectivity index is 1.54. The van der Waals surface area contributed by atoms with Crippen LogP contribution in [0.4, 0.5) is 5.82 Å². The fraction of sp³-hybridized carbons (Fsp3) is 0.250. The Bertz CT molecular complexity index is 979. The monoisotopic (exact) mass is 348 g/mol. The second-order valence-electron chi connectivity index (χ2n) is 6.64. The van der Waals surface area contributed by atoms with Gasteiger partial charge in [0.1, 0.15) is 11.9 Å². The van der Waals surface area contributed by atoms with Gasteiger partial charge in [0.15, 0.2) is 0 Å². The van der Waals surface area contributed by atoms with E-state index >= 15 is 0 Å². The Morgan fingerprint density at radius 1 is 1.35 bits per heavy atom. The molecule has 1 fully saturated rings. The van der Waals surface area contributed by atoms with Gasteiger partial charge in [-0.15, -0.1) is 0 Å². The minimum absolute atomic E-state index is 0.00707. The smallest absolute Gasteiger partial charge is 0.248 e. The zero-order chi connectivity index (χ0) is 18.1. The van der Waals surface area contributed by atoms with E-state index in [1.807, 2.05) is 49.5 Å². The Morgan fingerprint density at radius 2 is 2.19 bits per heavy atom. The first-order chi connectivity index (χ1) is 12.6. The summed E-state index contributed by atoms with van der Waals surface area (Å²) in [7, 11) is 0. The molecule has 0 spiro atoms. The first kappa shape index (κ1) is 16.3. The van der Waals surface area contributed by atoms with Crippen molar-refractivity contribution in [3.8, 4) is 0 Å². The Labute approximate surface area is 151 Å². The van der Waals surface area contributed by atoms with Gasteiger partial charge < -0.3 is 15.2 Å². The number of aromatic nitrogens is 2. The van der Waals surface area contributed by atoms with Crippen molar-refractivity contribution in [1.29, 1.82) is 0 Å².